The maximum Gasteiger partial charge on any atom is 0.338 e. The molecule has 0 saturated carbocycles. The van der Waals surface area contributed by atoms with E-state index < -0.39 is 16.0 Å². The summed E-state index contributed by atoms with van der Waals surface area (Å²) >= 11 is 0. The summed E-state index contributed by atoms with van der Waals surface area (Å²) in [4.78, 5) is 21.4. The predicted octanol–water partition coefficient (Wildman–Crippen LogP) is 2.35. The Morgan fingerprint density at radius 2 is 1.77 bits per heavy atom. The zero-order valence-electron chi connectivity index (χ0n) is 15.8. The fourth-order valence-corrected chi connectivity index (χ4v) is 5.39. The molecule has 1 unspecified atom stereocenters. The zero-order valence-corrected chi connectivity index (χ0v) is 16.7. The van der Waals surface area contributed by atoms with Crippen molar-refractivity contribution in [3.8, 4) is 0 Å². The third kappa shape index (κ3) is 3.07. The molecule has 0 bridgehead atoms. The van der Waals surface area contributed by atoms with Crippen LogP contribution in [-0.4, -0.2) is 53.4 Å². The summed E-state index contributed by atoms with van der Waals surface area (Å²) in [6.45, 7) is 1.47. The van der Waals surface area contributed by atoms with Crippen molar-refractivity contribution in [1.29, 1.82) is 0 Å². The number of aromatic carboxylic acids is 1. The van der Waals surface area contributed by atoms with Gasteiger partial charge in [0, 0.05) is 44.1 Å². The van der Waals surface area contributed by atoms with Crippen LogP contribution in [0.1, 0.15) is 10.4 Å². The van der Waals surface area contributed by atoms with E-state index in [0.29, 0.717) is 25.6 Å². The minimum Gasteiger partial charge on any atom is -0.478 e. The Kier molecular flexibility index (Phi) is 4.21. The molecule has 0 aliphatic carbocycles. The molecule has 0 spiro atoms. The van der Waals surface area contributed by atoms with Gasteiger partial charge in [0.1, 0.15) is 0 Å². The summed E-state index contributed by atoms with van der Waals surface area (Å²) in [5.41, 5.74) is 1.04. The molecular weight excluding hydrogens is 404 g/mol. The second-order valence-electron chi connectivity index (χ2n) is 7.44. The Morgan fingerprint density at radius 3 is 2.47 bits per heavy atom. The maximum absolute atomic E-state index is 13.1. The summed E-state index contributed by atoms with van der Waals surface area (Å²) in [5, 5.41) is 10.9. The van der Waals surface area contributed by atoms with E-state index in [1.807, 2.05) is 35.2 Å². The number of carboxylic acid groups (broad SMARTS) is 1. The average molecular weight is 422 g/mol. The first-order valence-electron chi connectivity index (χ1n) is 9.43. The molecule has 30 heavy (non-hydrogen) atoms. The van der Waals surface area contributed by atoms with E-state index in [-0.39, 0.29) is 16.4 Å². The minimum atomic E-state index is -3.63. The molecule has 9 heteroatoms. The van der Waals surface area contributed by atoms with Crippen LogP contribution in [0.3, 0.4) is 0 Å². The van der Waals surface area contributed by atoms with E-state index >= 15 is 0 Å². The van der Waals surface area contributed by atoms with Crippen LogP contribution >= 0.6 is 0 Å². The lowest BCUT2D eigenvalue weighted by Crippen LogP contribution is -2.30. The van der Waals surface area contributed by atoms with Crippen molar-refractivity contribution in [2.45, 2.75) is 4.90 Å². The highest BCUT2D eigenvalue weighted by molar-refractivity contribution is 7.89. The first-order chi connectivity index (χ1) is 14.4. The Bertz CT molecular complexity index is 1290. The van der Waals surface area contributed by atoms with Gasteiger partial charge in [0.2, 0.25) is 5.95 Å². The van der Waals surface area contributed by atoms with Crippen LogP contribution in [-0.2, 0) is 10.0 Å². The summed E-state index contributed by atoms with van der Waals surface area (Å²) in [7, 11) is -3.63. The first-order valence-corrected chi connectivity index (χ1v) is 10.9. The van der Waals surface area contributed by atoms with Crippen LogP contribution in [0.15, 0.2) is 71.5 Å². The van der Waals surface area contributed by atoms with Crippen LogP contribution < -0.4 is 4.90 Å². The van der Waals surface area contributed by atoms with Gasteiger partial charge < -0.3 is 10.0 Å². The fourth-order valence-electron chi connectivity index (χ4n) is 3.95. The normalized spacial score (nSPS) is 18.5. The van der Waals surface area contributed by atoms with Gasteiger partial charge in [-0.1, -0.05) is 30.3 Å². The van der Waals surface area contributed by atoms with Gasteiger partial charge in [-0.3, -0.25) is 4.31 Å². The van der Waals surface area contributed by atoms with Gasteiger partial charge in [0.05, 0.1) is 10.5 Å². The number of nitrogens with zero attached hydrogens (tertiary/aromatic N) is 4. The van der Waals surface area contributed by atoms with Crippen molar-refractivity contribution in [1.82, 2.24) is 14.3 Å². The van der Waals surface area contributed by atoms with Crippen LogP contribution in [0.2, 0.25) is 0 Å². The third-order valence-electron chi connectivity index (χ3n) is 5.54. The number of aromatic nitrogens is 2. The monoisotopic (exact) mass is 422 g/mol. The molecule has 0 radical (unpaired) electrons. The minimum absolute atomic E-state index is 0.0324. The lowest BCUT2D eigenvalue weighted by atomic mass is 10.1. The molecule has 2 aliphatic rings. The summed E-state index contributed by atoms with van der Waals surface area (Å²) in [6, 6.07) is 12.8. The summed E-state index contributed by atoms with van der Waals surface area (Å²) in [5.74, 6) is -0.570. The Morgan fingerprint density at radius 1 is 1.03 bits per heavy atom. The second kappa shape index (κ2) is 6.81. The van der Waals surface area contributed by atoms with Crippen LogP contribution in [0.25, 0.3) is 10.8 Å². The zero-order chi connectivity index (χ0) is 20.9. The van der Waals surface area contributed by atoms with Gasteiger partial charge in [-0.15, -0.1) is 0 Å². The molecule has 1 fully saturated rings. The largest absolute Gasteiger partial charge is 0.478 e. The molecule has 1 atom stereocenters. The number of sulfonamides is 1. The molecule has 3 heterocycles. The van der Waals surface area contributed by atoms with E-state index in [1.54, 1.807) is 18.3 Å². The standard InChI is InChI=1S/C21H18N4O4S/c26-20(27)16-8-22-21(23-9-16)24-10-17-12-25(13-18(17)11-24)30(28,29)19-6-5-14-3-1-2-4-15(14)7-19/h1-9,12,18H,10-11,13H2,(H,26,27). The van der Waals surface area contributed by atoms with E-state index in [0.717, 1.165) is 16.3 Å². The lowest BCUT2D eigenvalue weighted by Gasteiger charge is -2.21. The van der Waals surface area contributed by atoms with Gasteiger partial charge in [0.15, 0.2) is 0 Å². The van der Waals surface area contributed by atoms with Gasteiger partial charge in [-0.2, -0.15) is 0 Å². The number of carboxylic acids is 1. The fraction of sp³-hybridized carbons (Fsp3) is 0.190. The number of fused-ring (bicyclic) bond motifs is 2. The summed E-state index contributed by atoms with van der Waals surface area (Å²) < 4.78 is 27.7. The van der Waals surface area contributed by atoms with Crippen molar-refractivity contribution in [2.24, 2.45) is 5.92 Å². The van der Waals surface area contributed by atoms with Crippen LogP contribution in [0.5, 0.6) is 0 Å². The molecule has 1 N–H and O–H groups in total. The van der Waals surface area contributed by atoms with Gasteiger partial charge in [-0.05, 0) is 28.5 Å². The average Bonchev–Trinajstić information content (AvgIpc) is 3.33. The number of carbonyl (C=O) groups is 1. The number of hydrogen-bond acceptors (Lipinski definition) is 6. The molecule has 2 aliphatic heterocycles. The Labute approximate surface area is 173 Å². The van der Waals surface area contributed by atoms with Crippen molar-refractivity contribution >= 4 is 32.7 Å². The highest BCUT2D eigenvalue weighted by Gasteiger charge is 2.38. The Balaban J connectivity index is 1.37. The number of hydrogen-bond donors (Lipinski definition) is 1. The lowest BCUT2D eigenvalue weighted by molar-refractivity contribution is 0.0696. The van der Waals surface area contributed by atoms with E-state index in [9.17, 15) is 13.2 Å². The predicted molar refractivity (Wildman–Crippen MR) is 111 cm³/mol. The molecule has 0 amide bonds. The van der Waals surface area contributed by atoms with Crippen molar-refractivity contribution in [3.63, 3.8) is 0 Å². The molecule has 8 nitrogen and oxygen atoms in total. The van der Waals surface area contributed by atoms with Crippen molar-refractivity contribution < 1.29 is 18.3 Å². The Hall–Kier alpha value is -3.46. The molecular formula is C21H18N4O4S. The van der Waals surface area contributed by atoms with E-state index in [2.05, 4.69) is 9.97 Å². The highest BCUT2D eigenvalue weighted by atomic mass is 32.2. The van der Waals surface area contributed by atoms with Gasteiger partial charge in [-0.25, -0.2) is 23.2 Å². The molecule has 1 saturated heterocycles. The van der Waals surface area contributed by atoms with Gasteiger partial charge in [0.25, 0.3) is 10.0 Å². The van der Waals surface area contributed by atoms with Crippen molar-refractivity contribution in [2.75, 3.05) is 24.5 Å². The molecule has 3 aromatic rings. The van der Waals surface area contributed by atoms with Crippen molar-refractivity contribution in [3.05, 3.63) is 72.2 Å². The number of anilines is 1. The number of rotatable bonds is 4. The smallest absolute Gasteiger partial charge is 0.338 e. The highest BCUT2D eigenvalue weighted by Crippen LogP contribution is 2.34. The molecule has 5 rings (SSSR count). The SMILES string of the molecule is O=C(O)c1cnc(N2CC3=CN(S(=O)(=O)c4ccc5ccccc5c4)CC3C2)nc1. The molecule has 152 valence electrons. The van der Waals surface area contributed by atoms with Gasteiger partial charge >= 0.3 is 5.97 Å². The van der Waals surface area contributed by atoms with E-state index in [4.69, 9.17) is 5.11 Å². The second-order valence-corrected chi connectivity index (χ2v) is 9.33. The van der Waals surface area contributed by atoms with E-state index in [1.165, 1.54) is 16.7 Å². The molecule has 1 aromatic heterocycles. The van der Waals surface area contributed by atoms with Crippen LogP contribution in [0.4, 0.5) is 5.95 Å². The number of benzene rings is 2. The topological polar surface area (TPSA) is 104 Å². The first kappa shape index (κ1) is 18.6. The summed E-state index contributed by atoms with van der Waals surface area (Å²) in [6.07, 6.45) is 4.27. The quantitative estimate of drug-likeness (QED) is 0.688. The maximum atomic E-state index is 13.1. The van der Waals surface area contributed by atoms with Crippen LogP contribution in [0, 0.1) is 5.92 Å². The third-order valence-corrected chi connectivity index (χ3v) is 7.27. The molecule has 2 aromatic carbocycles.